The van der Waals surface area contributed by atoms with Gasteiger partial charge in [0.2, 0.25) is 0 Å². The molecule has 0 aromatic heterocycles. The molecule has 7 nitrogen and oxygen atoms in total. The highest BCUT2D eigenvalue weighted by molar-refractivity contribution is 9.10. The van der Waals surface area contributed by atoms with Crippen molar-refractivity contribution in [1.29, 1.82) is 0 Å². The molecule has 1 aliphatic rings. The highest BCUT2D eigenvalue weighted by Crippen LogP contribution is 2.42. The molecule has 0 saturated carbocycles. The Kier molecular flexibility index (Phi) is 4.25. The number of halogens is 1. The highest BCUT2D eigenvalue weighted by Gasteiger charge is 2.31. The van der Waals surface area contributed by atoms with Crippen molar-refractivity contribution >= 4 is 33.2 Å². The molecule has 0 aliphatic carbocycles. The number of anilines is 1. The van der Waals surface area contributed by atoms with Gasteiger partial charge in [0.15, 0.2) is 17.1 Å². The van der Waals surface area contributed by atoms with Crippen molar-refractivity contribution in [2.75, 3.05) is 5.32 Å². The van der Waals surface area contributed by atoms with E-state index in [2.05, 4.69) is 21.2 Å². The van der Waals surface area contributed by atoms with Gasteiger partial charge in [-0.05, 0) is 40.2 Å². The van der Waals surface area contributed by atoms with E-state index in [1.807, 2.05) is 6.07 Å². The van der Waals surface area contributed by atoms with Crippen LogP contribution in [-0.2, 0) is 0 Å². The molecule has 0 spiro atoms. The molecule has 0 unspecified atom stereocenters. The first kappa shape index (κ1) is 17.0. The minimum absolute atomic E-state index is 0.0497. The summed E-state index contributed by atoms with van der Waals surface area (Å²) < 4.78 is 12.2. The standard InChI is InChI=1S/C19H11BrN2O5/c20-12-5-1-3-7-15(12)26-11-9-14(22(24)25)18-17(10-11)27-16-8-4-2-6-13(16)21-19(18)23/h1-10H,(H,21,23). The maximum Gasteiger partial charge on any atom is 0.289 e. The van der Waals surface area contributed by atoms with E-state index in [4.69, 9.17) is 9.47 Å². The van der Waals surface area contributed by atoms with Gasteiger partial charge in [0.25, 0.3) is 11.6 Å². The molecular weight excluding hydrogens is 416 g/mol. The number of nitro groups is 1. The lowest BCUT2D eigenvalue weighted by atomic mass is 10.1. The zero-order valence-electron chi connectivity index (χ0n) is 13.6. The number of benzene rings is 3. The molecule has 1 amide bonds. The lowest BCUT2D eigenvalue weighted by Gasteiger charge is -2.11. The third kappa shape index (κ3) is 3.22. The van der Waals surface area contributed by atoms with Gasteiger partial charge in [-0.2, -0.15) is 0 Å². The van der Waals surface area contributed by atoms with Gasteiger partial charge >= 0.3 is 0 Å². The number of fused-ring (bicyclic) bond motifs is 2. The van der Waals surface area contributed by atoms with Gasteiger partial charge in [0.1, 0.15) is 11.5 Å². The number of ether oxygens (including phenoxy) is 2. The number of amides is 1. The smallest absolute Gasteiger partial charge is 0.289 e. The number of hydrogen-bond acceptors (Lipinski definition) is 5. The maximum atomic E-state index is 12.6. The van der Waals surface area contributed by atoms with Crippen LogP contribution in [0.25, 0.3) is 0 Å². The van der Waals surface area contributed by atoms with Gasteiger partial charge < -0.3 is 14.8 Å². The van der Waals surface area contributed by atoms with Crippen LogP contribution in [0.15, 0.2) is 65.1 Å². The van der Waals surface area contributed by atoms with Crippen LogP contribution in [0.1, 0.15) is 10.4 Å². The second kappa shape index (κ2) is 6.73. The fraction of sp³-hybridized carbons (Fsp3) is 0. The Hall–Kier alpha value is -3.39. The lowest BCUT2D eigenvalue weighted by molar-refractivity contribution is -0.385. The monoisotopic (exact) mass is 426 g/mol. The zero-order valence-corrected chi connectivity index (χ0v) is 15.2. The molecule has 1 N–H and O–H groups in total. The highest BCUT2D eigenvalue weighted by atomic mass is 79.9. The second-order valence-corrected chi connectivity index (χ2v) is 6.51. The molecule has 0 saturated heterocycles. The molecule has 0 atom stereocenters. The zero-order chi connectivity index (χ0) is 19.0. The molecular formula is C19H11BrN2O5. The molecule has 0 radical (unpaired) electrons. The van der Waals surface area contributed by atoms with E-state index in [0.717, 1.165) is 0 Å². The summed E-state index contributed by atoms with van der Waals surface area (Å²) in [4.78, 5) is 23.5. The number of rotatable bonds is 3. The first-order chi connectivity index (χ1) is 13.0. The van der Waals surface area contributed by atoms with Crippen molar-refractivity contribution in [3.05, 3.63) is 80.8 Å². The van der Waals surface area contributed by atoms with Crippen molar-refractivity contribution in [2.45, 2.75) is 0 Å². The Balaban J connectivity index is 1.85. The molecule has 1 aliphatic heterocycles. The number of para-hydroxylation sites is 3. The molecule has 3 aromatic carbocycles. The topological polar surface area (TPSA) is 90.7 Å². The summed E-state index contributed by atoms with van der Waals surface area (Å²) in [5, 5.41) is 14.2. The Morgan fingerprint density at radius 3 is 2.56 bits per heavy atom. The van der Waals surface area contributed by atoms with Gasteiger partial charge in [-0.25, -0.2) is 0 Å². The summed E-state index contributed by atoms with van der Waals surface area (Å²) in [5.74, 6) is 0.476. The SMILES string of the molecule is O=C1Nc2ccccc2Oc2cc(Oc3ccccc3Br)cc([N+](=O)[O-])c21. The van der Waals surface area contributed by atoms with Crippen LogP contribution < -0.4 is 14.8 Å². The van der Waals surface area contributed by atoms with Crippen molar-refractivity contribution in [2.24, 2.45) is 0 Å². The van der Waals surface area contributed by atoms with E-state index < -0.39 is 16.5 Å². The molecule has 27 heavy (non-hydrogen) atoms. The molecule has 0 bridgehead atoms. The molecule has 134 valence electrons. The summed E-state index contributed by atoms with van der Waals surface area (Å²) in [7, 11) is 0. The number of nitro benzene ring substituents is 1. The summed E-state index contributed by atoms with van der Waals surface area (Å²) in [6.45, 7) is 0. The number of nitrogens with one attached hydrogen (secondary N) is 1. The number of hydrogen-bond donors (Lipinski definition) is 1. The normalized spacial score (nSPS) is 12.1. The maximum absolute atomic E-state index is 12.6. The fourth-order valence-electron chi connectivity index (χ4n) is 2.70. The van der Waals surface area contributed by atoms with E-state index in [0.29, 0.717) is 21.7 Å². The van der Waals surface area contributed by atoms with E-state index >= 15 is 0 Å². The van der Waals surface area contributed by atoms with E-state index in [-0.39, 0.29) is 17.1 Å². The van der Waals surface area contributed by atoms with Crippen LogP contribution in [-0.4, -0.2) is 10.8 Å². The largest absolute Gasteiger partial charge is 0.456 e. The summed E-state index contributed by atoms with van der Waals surface area (Å²) in [5.41, 5.74) is -0.128. The average Bonchev–Trinajstić information content (AvgIpc) is 2.78. The third-order valence-electron chi connectivity index (χ3n) is 3.90. The number of nitrogens with zero attached hydrogens (tertiary/aromatic N) is 1. The Morgan fingerprint density at radius 2 is 1.78 bits per heavy atom. The van der Waals surface area contributed by atoms with Gasteiger partial charge in [-0.1, -0.05) is 24.3 Å². The van der Waals surface area contributed by atoms with Crippen molar-refractivity contribution in [1.82, 2.24) is 0 Å². The van der Waals surface area contributed by atoms with E-state index in [1.54, 1.807) is 42.5 Å². The summed E-state index contributed by atoms with van der Waals surface area (Å²) in [6.07, 6.45) is 0. The molecule has 4 rings (SSSR count). The van der Waals surface area contributed by atoms with Crippen LogP contribution in [0.3, 0.4) is 0 Å². The lowest BCUT2D eigenvalue weighted by Crippen LogP contribution is -2.13. The summed E-state index contributed by atoms with van der Waals surface area (Å²) >= 11 is 3.37. The number of carbonyl (C=O) groups excluding carboxylic acids is 1. The van der Waals surface area contributed by atoms with Crippen molar-refractivity contribution < 1.29 is 19.2 Å². The quantitative estimate of drug-likeness (QED) is 0.440. The van der Waals surface area contributed by atoms with Gasteiger partial charge in [-0.3, -0.25) is 14.9 Å². The van der Waals surface area contributed by atoms with Crippen LogP contribution in [0.5, 0.6) is 23.0 Å². The molecule has 0 fully saturated rings. The molecule has 8 heteroatoms. The summed E-state index contributed by atoms with van der Waals surface area (Å²) in [6, 6.07) is 16.6. The fourth-order valence-corrected chi connectivity index (χ4v) is 3.07. The minimum atomic E-state index is -0.634. The van der Waals surface area contributed by atoms with Gasteiger partial charge in [-0.15, -0.1) is 0 Å². The first-order valence-corrected chi connectivity index (χ1v) is 8.65. The molecule has 1 heterocycles. The van der Waals surface area contributed by atoms with Gasteiger partial charge in [0, 0.05) is 6.07 Å². The Morgan fingerprint density at radius 1 is 1.04 bits per heavy atom. The van der Waals surface area contributed by atoms with Crippen LogP contribution in [0.2, 0.25) is 0 Å². The van der Waals surface area contributed by atoms with Gasteiger partial charge in [0.05, 0.1) is 21.1 Å². The third-order valence-corrected chi connectivity index (χ3v) is 4.55. The van der Waals surface area contributed by atoms with Crippen molar-refractivity contribution in [3.63, 3.8) is 0 Å². The van der Waals surface area contributed by atoms with E-state index in [1.165, 1.54) is 12.1 Å². The van der Waals surface area contributed by atoms with E-state index in [9.17, 15) is 14.9 Å². The number of carbonyl (C=O) groups is 1. The Labute approximate surface area is 161 Å². The Bertz CT molecular complexity index is 1080. The average molecular weight is 427 g/mol. The first-order valence-electron chi connectivity index (χ1n) is 7.86. The van der Waals surface area contributed by atoms with Crippen LogP contribution in [0, 0.1) is 10.1 Å². The minimum Gasteiger partial charge on any atom is -0.456 e. The van der Waals surface area contributed by atoms with Crippen LogP contribution >= 0.6 is 15.9 Å². The molecule has 3 aromatic rings. The predicted octanol–water partition coefficient (Wildman–Crippen LogP) is 5.51. The predicted molar refractivity (Wildman–Crippen MR) is 102 cm³/mol. The van der Waals surface area contributed by atoms with Crippen molar-refractivity contribution in [3.8, 4) is 23.0 Å². The second-order valence-electron chi connectivity index (χ2n) is 5.66. The van der Waals surface area contributed by atoms with Crippen LogP contribution in [0.4, 0.5) is 11.4 Å².